The van der Waals surface area contributed by atoms with Crippen molar-refractivity contribution in [3.05, 3.63) is 33.8 Å². The normalized spacial score (nSPS) is 19.4. The molecule has 0 bridgehead atoms. The first kappa shape index (κ1) is 15.0. The Hall–Kier alpha value is -1.42. The van der Waals surface area contributed by atoms with Gasteiger partial charge in [0.2, 0.25) is 0 Å². The first-order chi connectivity index (χ1) is 9.63. The van der Waals surface area contributed by atoms with Crippen molar-refractivity contribution in [3.8, 4) is 6.07 Å². The van der Waals surface area contributed by atoms with Crippen LogP contribution in [-0.4, -0.2) is 43.8 Å². The number of ether oxygens (including phenoxy) is 2. The van der Waals surface area contributed by atoms with Crippen LogP contribution in [0.4, 0.5) is 0 Å². The van der Waals surface area contributed by atoms with Gasteiger partial charge < -0.3 is 9.47 Å². The maximum atomic E-state index is 11.4. The van der Waals surface area contributed by atoms with E-state index in [2.05, 4.69) is 31.6 Å². The molecule has 1 heterocycles. The number of carbonyl (C=O) groups excluding carboxylic acids is 1. The van der Waals surface area contributed by atoms with Gasteiger partial charge in [0, 0.05) is 24.1 Å². The minimum Gasteiger partial charge on any atom is -0.465 e. The number of carbonyl (C=O) groups is 1. The van der Waals surface area contributed by atoms with Crippen molar-refractivity contribution in [2.45, 2.75) is 12.6 Å². The van der Waals surface area contributed by atoms with Crippen molar-refractivity contribution >= 4 is 21.9 Å². The molecule has 6 heteroatoms. The summed E-state index contributed by atoms with van der Waals surface area (Å²) in [4.78, 5) is 13.6. The number of halogens is 1. The van der Waals surface area contributed by atoms with Gasteiger partial charge in [-0.15, -0.1) is 0 Å². The highest BCUT2D eigenvalue weighted by Crippen LogP contribution is 2.21. The van der Waals surface area contributed by atoms with Crippen LogP contribution in [0.2, 0.25) is 0 Å². The quantitative estimate of drug-likeness (QED) is 0.788. The first-order valence-electron chi connectivity index (χ1n) is 6.24. The van der Waals surface area contributed by atoms with E-state index in [1.807, 2.05) is 6.07 Å². The maximum absolute atomic E-state index is 11.4. The minimum atomic E-state index is -0.364. The Morgan fingerprint density at radius 1 is 1.65 bits per heavy atom. The third kappa shape index (κ3) is 3.57. The molecule has 0 amide bonds. The van der Waals surface area contributed by atoms with Crippen LogP contribution in [0, 0.1) is 11.3 Å². The Labute approximate surface area is 126 Å². The molecule has 1 aromatic carbocycles. The Morgan fingerprint density at radius 2 is 2.45 bits per heavy atom. The predicted molar refractivity (Wildman–Crippen MR) is 76.1 cm³/mol. The molecule has 1 aliphatic rings. The topological polar surface area (TPSA) is 62.6 Å². The number of methoxy groups -OCH3 is 1. The van der Waals surface area contributed by atoms with E-state index in [9.17, 15) is 4.79 Å². The van der Waals surface area contributed by atoms with E-state index in [4.69, 9.17) is 10.00 Å². The van der Waals surface area contributed by atoms with Gasteiger partial charge in [0.15, 0.2) is 6.10 Å². The van der Waals surface area contributed by atoms with Gasteiger partial charge in [0.25, 0.3) is 0 Å². The number of nitriles is 1. The van der Waals surface area contributed by atoms with E-state index in [0.717, 1.165) is 16.6 Å². The number of hydrogen-bond acceptors (Lipinski definition) is 5. The lowest BCUT2D eigenvalue weighted by molar-refractivity contribution is -0.00276. The van der Waals surface area contributed by atoms with Gasteiger partial charge in [-0.25, -0.2) is 4.79 Å². The summed E-state index contributed by atoms with van der Waals surface area (Å²) in [5, 5.41) is 8.89. The molecule has 0 spiro atoms. The number of rotatable bonds is 3. The monoisotopic (exact) mass is 338 g/mol. The molecule has 1 fully saturated rings. The largest absolute Gasteiger partial charge is 0.465 e. The SMILES string of the molecule is COC(=O)c1ccc(CN2CCOC(C#N)C2)c(Br)c1. The Balaban J connectivity index is 2.06. The van der Waals surface area contributed by atoms with Crippen molar-refractivity contribution in [1.82, 2.24) is 4.90 Å². The van der Waals surface area contributed by atoms with E-state index >= 15 is 0 Å². The molecule has 0 N–H and O–H groups in total. The summed E-state index contributed by atoms with van der Waals surface area (Å²) < 4.78 is 10.9. The molecule has 2 rings (SSSR count). The van der Waals surface area contributed by atoms with E-state index in [1.54, 1.807) is 12.1 Å². The van der Waals surface area contributed by atoms with Crippen LogP contribution in [0.5, 0.6) is 0 Å². The molecule has 0 radical (unpaired) electrons. The number of esters is 1. The van der Waals surface area contributed by atoms with Crippen LogP contribution in [-0.2, 0) is 16.0 Å². The molecule has 5 nitrogen and oxygen atoms in total. The molecule has 1 aromatic rings. The van der Waals surface area contributed by atoms with E-state index in [-0.39, 0.29) is 12.1 Å². The Kier molecular flexibility index (Phi) is 5.12. The van der Waals surface area contributed by atoms with Gasteiger partial charge in [-0.1, -0.05) is 22.0 Å². The summed E-state index contributed by atoms with van der Waals surface area (Å²) in [6.07, 6.45) is -0.364. The zero-order chi connectivity index (χ0) is 14.5. The highest BCUT2D eigenvalue weighted by atomic mass is 79.9. The number of morpholine rings is 1. The molecular weight excluding hydrogens is 324 g/mol. The first-order valence-corrected chi connectivity index (χ1v) is 7.03. The molecule has 0 aromatic heterocycles. The summed E-state index contributed by atoms with van der Waals surface area (Å²) in [6.45, 7) is 2.67. The van der Waals surface area contributed by atoms with Gasteiger partial charge in [-0.05, 0) is 17.7 Å². The van der Waals surface area contributed by atoms with Crippen molar-refractivity contribution in [2.24, 2.45) is 0 Å². The highest BCUT2D eigenvalue weighted by molar-refractivity contribution is 9.10. The lowest BCUT2D eigenvalue weighted by Crippen LogP contribution is -2.41. The second-order valence-electron chi connectivity index (χ2n) is 4.52. The van der Waals surface area contributed by atoms with Gasteiger partial charge in [0.1, 0.15) is 0 Å². The lowest BCUT2D eigenvalue weighted by Gasteiger charge is -2.29. The third-order valence-corrected chi connectivity index (χ3v) is 3.90. The van der Waals surface area contributed by atoms with Crippen LogP contribution < -0.4 is 0 Å². The van der Waals surface area contributed by atoms with Gasteiger partial charge in [0.05, 0.1) is 25.3 Å². The molecule has 1 atom stereocenters. The fraction of sp³-hybridized carbons (Fsp3) is 0.429. The fourth-order valence-corrected chi connectivity index (χ4v) is 2.59. The summed E-state index contributed by atoms with van der Waals surface area (Å²) >= 11 is 3.47. The molecule has 1 aliphatic heterocycles. The summed E-state index contributed by atoms with van der Waals surface area (Å²) in [5.74, 6) is -0.354. The summed E-state index contributed by atoms with van der Waals surface area (Å²) in [7, 11) is 1.36. The standard InChI is InChI=1S/C14H15BrN2O3/c1-19-14(18)10-2-3-11(13(15)6-10)8-17-4-5-20-12(7-16)9-17/h2-3,6,12H,4-5,8-9H2,1H3. The van der Waals surface area contributed by atoms with Crippen molar-refractivity contribution in [1.29, 1.82) is 5.26 Å². The van der Waals surface area contributed by atoms with Crippen LogP contribution in [0.1, 0.15) is 15.9 Å². The van der Waals surface area contributed by atoms with Gasteiger partial charge in [-0.3, -0.25) is 4.90 Å². The smallest absolute Gasteiger partial charge is 0.337 e. The molecule has 1 saturated heterocycles. The van der Waals surface area contributed by atoms with E-state index in [1.165, 1.54) is 7.11 Å². The Morgan fingerprint density at radius 3 is 3.10 bits per heavy atom. The van der Waals surface area contributed by atoms with Gasteiger partial charge in [-0.2, -0.15) is 5.26 Å². The fourth-order valence-electron chi connectivity index (χ4n) is 2.09. The average Bonchev–Trinajstić information content (AvgIpc) is 2.48. The average molecular weight is 339 g/mol. The molecule has 1 unspecified atom stereocenters. The lowest BCUT2D eigenvalue weighted by atomic mass is 10.1. The van der Waals surface area contributed by atoms with Crippen molar-refractivity contribution < 1.29 is 14.3 Å². The minimum absolute atomic E-state index is 0.354. The van der Waals surface area contributed by atoms with Gasteiger partial charge >= 0.3 is 5.97 Å². The van der Waals surface area contributed by atoms with Crippen LogP contribution in [0.15, 0.2) is 22.7 Å². The summed E-state index contributed by atoms with van der Waals surface area (Å²) in [6, 6.07) is 7.52. The third-order valence-electron chi connectivity index (χ3n) is 3.16. The maximum Gasteiger partial charge on any atom is 0.337 e. The van der Waals surface area contributed by atoms with E-state index in [0.29, 0.717) is 25.3 Å². The Bertz CT molecular complexity index is 542. The van der Waals surface area contributed by atoms with Crippen molar-refractivity contribution in [2.75, 3.05) is 26.8 Å². The summed E-state index contributed by atoms with van der Waals surface area (Å²) in [5.41, 5.74) is 1.58. The number of nitrogens with zero attached hydrogens (tertiary/aromatic N) is 2. The van der Waals surface area contributed by atoms with E-state index < -0.39 is 0 Å². The molecule has 0 saturated carbocycles. The second-order valence-corrected chi connectivity index (χ2v) is 5.38. The van der Waals surface area contributed by atoms with Crippen LogP contribution >= 0.6 is 15.9 Å². The molecule has 106 valence electrons. The second kappa shape index (κ2) is 6.84. The molecular formula is C14H15BrN2O3. The molecule has 20 heavy (non-hydrogen) atoms. The predicted octanol–water partition coefficient (Wildman–Crippen LogP) is 1.96. The molecule has 0 aliphatic carbocycles. The van der Waals surface area contributed by atoms with Crippen molar-refractivity contribution in [3.63, 3.8) is 0 Å². The highest BCUT2D eigenvalue weighted by Gasteiger charge is 2.20. The zero-order valence-corrected chi connectivity index (χ0v) is 12.7. The number of hydrogen-bond donors (Lipinski definition) is 0. The van der Waals surface area contributed by atoms with Crippen LogP contribution in [0.25, 0.3) is 0 Å². The van der Waals surface area contributed by atoms with Crippen LogP contribution in [0.3, 0.4) is 0 Å². The zero-order valence-electron chi connectivity index (χ0n) is 11.1. The number of benzene rings is 1.